The molecule has 0 saturated heterocycles. The summed E-state index contributed by atoms with van der Waals surface area (Å²) in [6, 6.07) is 12.2. The molecule has 6 heteroatoms. The summed E-state index contributed by atoms with van der Waals surface area (Å²) in [6.45, 7) is 0. The molecule has 2 aromatic carbocycles. The molecule has 2 aliphatic carbocycles. The number of benzene rings is 2. The zero-order chi connectivity index (χ0) is 22.5. The third-order valence-electron chi connectivity index (χ3n) is 7.29. The van der Waals surface area contributed by atoms with Gasteiger partial charge in [0.25, 0.3) is 0 Å². The van der Waals surface area contributed by atoms with Crippen LogP contribution in [0.15, 0.2) is 36.4 Å². The Labute approximate surface area is 191 Å². The van der Waals surface area contributed by atoms with Crippen LogP contribution in [0.4, 0.5) is 21.0 Å². The van der Waals surface area contributed by atoms with Gasteiger partial charge in [-0.1, -0.05) is 62.8 Å². The smallest absolute Gasteiger partial charge is 0.321 e. The molecule has 32 heavy (non-hydrogen) atoms. The van der Waals surface area contributed by atoms with Crippen molar-refractivity contribution in [3.63, 3.8) is 0 Å². The van der Waals surface area contributed by atoms with Crippen LogP contribution in [0.3, 0.4) is 0 Å². The van der Waals surface area contributed by atoms with Crippen molar-refractivity contribution in [2.24, 2.45) is 0 Å². The highest BCUT2D eigenvalue weighted by atomic mass is 16.2. The Hall–Kier alpha value is -2.76. The van der Waals surface area contributed by atoms with E-state index < -0.39 is 0 Å². The number of amides is 4. The van der Waals surface area contributed by atoms with Crippen LogP contribution < -0.4 is 10.6 Å². The first-order chi connectivity index (χ1) is 15.5. The molecule has 2 saturated carbocycles. The normalized spacial score (nSPS) is 17.7. The van der Waals surface area contributed by atoms with Crippen molar-refractivity contribution in [3.8, 4) is 0 Å². The lowest BCUT2D eigenvalue weighted by Gasteiger charge is -2.31. The molecule has 0 spiro atoms. The lowest BCUT2D eigenvalue weighted by atomic mass is 9.95. The topological polar surface area (TPSA) is 64.7 Å². The van der Waals surface area contributed by atoms with Crippen molar-refractivity contribution >= 4 is 34.2 Å². The maximum Gasteiger partial charge on any atom is 0.321 e. The second-order valence-corrected chi connectivity index (χ2v) is 9.37. The van der Waals surface area contributed by atoms with Gasteiger partial charge >= 0.3 is 12.1 Å². The molecule has 0 heterocycles. The fraction of sp³-hybridized carbons (Fsp3) is 0.538. The van der Waals surface area contributed by atoms with Gasteiger partial charge in [-0.15, -0.1) is 0 Å². The number of nitrogens with one attached hydrogen (secondary N) is 2. The molecule has 0 aliphatic heterocycles. The zero-order valence-electron chi connectivity index (χ0n) is 19.4. The average Bonchev–Trinajstić information content (AvgIpc) is 2.84. The van der Waals surface area contributed by atoms with Crippen LogP contribution in [-0.4, -0.2) is 48.0 Å². The first-order valence-corrected chi connectivity index (χ1v) is 12.1. The minimum atomic E-state index is -0.0733. The Kier molecular flexibility index (Phi) is 7.18. The van der Waals surface area contributed by atoms with Gasteiger partial charge in [0.15, 0.2) is 0 Å². The highest BCUT2D eigenvalue weighted by Gasteiger charge is 2.24. The van der Waals surface area contributed by atoms with Gasteiger partial charge in [-0.05, 0) is 37.8 Å². The van der Waals surface area contributed by atoms with Crippen LogP contribution in [0.1, 0.15) is 64.2 Å². The van der Waals surface area contributed by atoms with E-state index in [-0.39, 0.29) is 12.1 Å². The van der Waals surface area contributed by atoms with Crippen LogP contribution in [0.25, 0.3) is 10.8 Å². The van der Waals surface area contributed by atoms with E-state index in [9.17, 15) is 9.59 Å². The van der Waals surface area contributed by atoms with Crippen LogP contribution in [0, 0.1) is 0 Å². The summed E-state index contributed by atoms with van der Waals surface area (Å²) in [7, 11) is 3.78. The quantitative estimate of drug-likeness (QED) is 0.580. The van der Waals surface area contributed by atoms with Crippen LogP contribution in [-0.2, 0) is 0 Å². The number of fused-ring (bicyclic) bond motifs is 1. The maximum absolute atomic E-state index is 12.9. The van der Waals surface area contributed by atoms with E-state index in [0.29, 0.717) is 12.1 Å². The van der Waals surface area contributed by atoms with Gasteiger partial charge in [0, 0.05) is 37.0 Å². The standard InChI is InChI=1S/C26H36N4O2/c1-29(19-11-5-3-6-12-19)25(31)27-23-17-9-16-22-21(23)15-10-18-24(22)28-26(32)30(2)20-13-7-4-8-14-20/h9-10,15-20H,3-8,11-14H2,1-2H3,(H,27,31)(H,28,32). The summed E-state index contributed by atoms with van der Waals surface area (Å²) in [6.07, 6.45) is 11.6. The van der Waals surface area contributed by atoms with E-state index in [2.05, 4.69) is 10.6 Å². The van der Waals surface area contributed by atoms with Gasteiger partial charge in [-0.2, -0.15) is 0 Å². The number of carbonyl (C=O) groups excluding carboxylic acids is 2. The molecule has 0 atom stereocenters. The van der Waals surface area contributed by atoms with E-state index in [1.54, 1.807) is 0 Å². The molecule has 2 aliphatic rings. The number of hydrogen-bond acceptors (Lipinski definition) is 2. The Bertz CT molecular complexity index is 871. The molecule has 2 N–H and O–H groups in total. The fourth-order valence-corrected chi connectivity index (χ4v) is 5.20. The predicted molar refractivity (Wildman–Crippen MR) is 131 cm³/mol. The van der Waals surface area contributed by atoms with E-state index >= 15 is 0 Å². The molecule has 2 fully saturated rings. The number of carbonyl (C=O) groups is 2. The summed E-state index contributed by atoms with van der Waals surface area (Å²) in [5.41, 5.74) is 1.54. The van der Waals surface area contributed by atoms with Crippen LogP contribution in [0.5, 0.6) is 0 Å². The summed E-state index contributed by atoms with van der Waals surface area (Å²) < 4.78 is 0. The van der Waals surface area contributed by atoms with Crippen molar-refractivity contribution in [2.75, 3.05) is 24.7 Å². The lowest BCUT2D eigenvalue weighted by molar-refractivity contribution is 0.185. The van der Waals surface area contributed by atoms with Crippen molar-refractivity contribution in [1.29, 1.82) is 0 Å². The number of urea groups is 2. The van der Waals surface area contributed by atoms with Gasteiger partial charge < -0.3 is 20.4 Å². The number of anilines is 2. The van der Waals surface area contributed by atoms with Gasteiger partial charge in [-0.3, -0.25) is 0 Å². The first-order valence-electron chi connectivity index (χ1n) is 12.1. The Balaban J connectivity index is 1.49. The lowest BCUT2D eigenvalue weighted by Crippen LogP contribution is -2.41. The number of nitrogens with zero attached hydrogens (tertiary/aromatic N) is 2. The summed E-state index contributed by atoms with van der Waals surface area (Å²) in [5, 5.41) is 8.06. The molecule has 2 aromatic rings. The van der Waals surface area contributed by atoms with E-state index in [1.807, 2.05) is 60.3 Å². The first kappa shape index (κ1) is 22.4. The highest BCUT2D eigenvalue weighted by molar-refractivity contribution is 6.08. The van der Waals surface area contributed by atoms with Gasteiger partial charge in [-0.25, -0.2) is 9.59 Å². The monoisotopic (exact) mass is 436 g/mol. The average molecular weight is 437 g/mol. The third kappa shape index (κ3) is 5.00. The largest absolute Gasteiger partial charge is 0.325 e. The molecule has 6 nitrogen and oxygen atoms in total. The zero-order valence-corrected chi connectivity index (χ0v) is 19.4. The molecule has 0 radical (unpaired) electrons. The third-order valence-corrected chi connectivity index (χ3v) is 7.29. The van der Waals surface area contributed by atoms with E-state index in [0.717, 1.165) is 47.8 Å². The summed E-state index contributed by atoms with van der Waals surface area (Å²) in [5.74, 6) is 0. The van der Waals surface area contributed by atoms with E-state index in [4.69, 9.17) is 0 Å². The molecule has 0 unspecified atom stereocenters. The molecular weight excluding hydrogens is 400 g/mol. The van der Waals surface area contributed by atoms with Gasteiger partial charge in [0.05, 0.1) is 11.4 Å². The molecule has 0 aromatic heterocycles. The number of hydrogen-bond donors (Lipinski definition) is 2. The molecule has 4 amide bonds. The second kappa shape index (κ2) is 10.2. The van der Waals surface area contributed by atoms with Crippen molar-refractivity contribution in [3.05, 3.63) is 36.4 Å². The van der Waals surface area contributed by atoms with Gasteiger partial charge in [0.2, 0.25) is 0 Å². The Morgan fingerprint density at radius 2 is 1.03 bits per heavy atom. The molecule has 0 bridgehead atoms. The summed E-state index contributed by atoms with van der Waals surface area (Å²) in [4.78, 5) is 29.5. The highest BCUT2D eigenvalue weighted by Crippen LogP contribution is 2.31. The predicted octanol–water partition coefficient (Wildman–Crippen LogP) is 6.43. The SMILES string of the molecule is CN(C(=O)Nc1cccc2c(NC(=O)N(C)C3CCCCC3)cccc12)C1CCCCC1. The maximum atomic E-state index is 12.9. The minimum absolute atomic E-state index is 0.0733. The molecule has 172 valence electrons. The van der Waals surface area contributed by atoms with Gasteiger partial charge in [0.1, 0.15) is 0 Å². The fourth-order valence-electron chi connectivity index (χ4n) is 5.20. The van der Waals surface area contributed by atoms with E-state index in [1.165, 1.54) is 38.5 Å². The number of rotatable bonds is 4. The minimum Gasteiger partial charge on any atom is -0.325 e. The summed E-state index contributed by atoms with van der Waals surface area (Å²) >= 11 is 0. The van der Waals surface area contributed by atoms with Crippen molar-refractivity contribution in [2.45, 2.75) is 76.3 Å². The molecular formula is C26H36N4O2. The Morgan fingerprint density at radius 3 is 1.41 bits per heavy atom. The van der Waals surface area contributed by atoms with Crippen LogP contribution in [0.2, 0.25) is 0 Å². The Morgan fingerprint density at radius 1 is 0.656 bits per heavy atom. The second-order valence-electron chi connectivity index (χ2n) is 9.37. The van der Waals surface area contributed by atoms with Crippen LogP contribution >= 0.6 is 0 Å². The molecule has 4 rings (SSSR count). The van der Waals surface area contributed by atoms with Crippen molar-refractivity contribution in [1.82, 2.24) is 9.80 Å². The van der Waals surface area contributed by atoms with Crippen molar-refractivity contribution < 1.29 is 9.59 Å².